The van der Waals surface area contributed by atoms with Crippen molar-refractivity contribution in [2.75, 3.05) is 6.61 Å². The first kappa shape index (κ1) is 13.8. The van der Waals surface area contributed by atoms with Gasteiger partial charge in [-0.2, -0.15) is 0 Å². The molecule has 2 unspecified atom stereocenters. The number of benzene rings is 2. The maximum atomic E-state index is 9.17. The summed E-state index contributed by atoms with van der Waals surface area (Å²) in [6, 6.07) is 14.2. The van der Waals surface area contributed by atoms with Crippen LogP contribution in [0.4, 0.5) is 0 Å². The zero-order valence-electron chi connectivity index (χ0n) is 11.5. The number of aliphatic hydroxyl groups excluding tert-OH is 1. The molecule has 19 heavy (non-hydrogen) atoms. The summed E-state index contributed by atoms with van der Waals surface area (Å²) in [6.07, 6.45) is 0.569. The molecule has 0 saturated heterocycles. The molecule has 0 fully saturated rings. The van der Waals surface area contributed by atoms with Crippen molar-refractivity contribution >= 4 is 10.8 Å². The summed E-state index contributed by atoms with van der Waals surface area (Å²) < 4.78 is 5.87. The first-order chi connectivity index (χ1) is 9.00. The van der Waals surface area contributed by atoms with Gasteiger partial charge in [0.25, 0.3) is 0 Å². The minimum absolute atomic E-state index is 0.0386. The molecule has 2 atom stereocenters. The molecule has 0 bridgehead atoms. The Labute approximate surface area is 114 Å². The fourth-order valence-corrected chi connectivity index (χ4v) is 2.24. The van der Waals surface area contributed by atoms with Crippen molar-refractivity contribution in [1.29, 1.82) is 0 Å². The van der Waals surface area contributed by atoms with Crippen LogP contribution in [0, 0.1) is 0 Å². The number of ether oxygens (including phenoxy) is 1. The number of rotatable bonds is 5. The third kappa shape index (κ3) is 3.69. The molecule has 102 valence electrons. The van der Waals surface area contributed by atoms with Gasteiger partial charge in [-0.25, -0.2) is 0 Å². The number of nitrogens with two attached hydrogens (primary N) is 1. The molecule has 2 aromatic rings. The van der Waals surface area contributed by atoms with E-state index in [1.807, 2.05) is 44.2 Å². The Morgan fingerprint density at radius 2 is 1.89 bits per heavy atom. The van der Waals surface area contributed by atoms with Crippen LogP contribution in [-0.2, 0) is 0 Å². The molecule has 0 aromatic heterocycles. The van der Waals surface area contributed by atoms with Crippen molar-refractivity contribution in [3.05, 3.63) is 42.5 Å². The fraction of sp³-hybridized carbons (Fsp3) is 0.375. The summed E-state index contributed by atoms with van der Waals surface area (Å²) in [4.78, 5) is 0. The Kier molecular flexibility index (Phi) is 4.08. The first-order valence-corrected chi connectivity index (χ1v) is 6.55. The van der Waals surface area contributed by atoms with Gasteiger partial charge >= 0.3 is 0 Å². The fourth-order valence-electron chi connectivity index (χ4n) is 2.24. The molecule has 0 saturated carbocycles. The van der Waals surface area contributed by atoms with Gasteiger partial charge in [-0.05, 0) is 36.8 Å². The van der Waals surface area contributed by atoms with Crippen molar-refractivity contribution in [3.8, 4) is 5.75 Å². The highest BCUT2D eigenvalue weighted by molar-refractivity contribution is 5.83. The van der Waals surface area contributed by atoms with E-state index in [4.69, 9.17) is 15.6 Å². The molecule has 0 amide bonds. The SMILES string of the molecule is CC(CC(C)(N)CO)Oc1ccc2ccccc2c1. The lowest BCUT2D eigenvalue weighted by molar-refractivity contribution is 0.134. The van der Waals surface area contributed by atoms with Gasteiger partial charge in [-0.15, -0.1) is 0 Å². The van der Waals surface area contributed by atoms with E-state index in [2.05, 4.69) is 12.1 Å². The van der Waals surface area contributed by atoms with Crippen molar-refractivity contribution < 1.29 is 9.84 Å². The van der Waals surface area contributed by atoms with Gasteiger partial charge in [0, 0.05) is 12.0 Å². The van der Waals surface area contributed by atoms with Gasteiger partial charge in [-0.3, -0.25) is 0 Å². The number of aliphatic hydroxyl groups is 1. The maximum absolute atomic E-state index is 9.17. The smallest absolute Gasteiger partial charge is 0.120 e. The third-order valence-electron chi connectivity index (χ3n) is 3.17. The molecular weight excluding hydrogens is 238 g/mol. The predicted octanol–water partition coefficient (Wildman–Crippen LogP) is 2.71. The van der Waals surface area contributed by atoms with Crippen molar-refractivity contribution in [2.24, 2.45) is 5.73 Å². The van der Waals surface area contributed by atoms with Gasteiger partial charge in [0.15, 0.2) is 0 Å². The number of fused-ring (bicyclic) bond motifs is 1. The summed E-state index contributed by atoms with van der Waals surface area (Å²) in [5.41, 5.74) is 5.33. The Morgan fingerprint density at radius 3 is 2.58 bits per heavy atom. The maximum Gasteiger partial charge on any atom is 0.120 e. The molecule has 0 spiro atoms. The minimum atomic E-state index is -0.601. The van der Waals surface area contributed by atoms with E-state index in [0.29, 0.717) is 6.42 Å². The quantitative estimate of drug-likeness (QED) is 0.868. The van der Waals surface area contributed by atoms with Crippen LogP contribution in [-0.4, -0.2) is 23.4 Å². The second-order valence-electron chi connectivity index (χ2n) is 5.45. The molecule has 3 heteroatoms. The van der Waals surface area contributed by atoms with Crippen molar-refractivity contribution in [3.63, 3.8) is 0 Å². The molecule has 0 aliphatic heterocycles. The summed E-state index contributed by atoms with van der Waals surface area (Å²) in [7, 11) is 0. The van der Waals surface area contributed by atoms with Crippen LogP contribution in [0.2, 0.25) is 0 Å². The van der Waals surface area contributed by atoms with E-state index in [1.165, 1.54) is 5.39 Å². The zero-order chi connectivity index (χ0) is 13.9. The second kappa shape index (κ2) is 5.59. The molecule has 2 rings (SSSR count). The predicted molar refractivity (Wildman–Crippen MR) is 78.3 cm³/mol. The van der Waals surface area contributed by atoms with Crippen molar-refractivity contribution in [2.45, 2.75) is 31.9 Å². The summed E-state index contributed by atoms with van der Waals surface area (Å²) in [5, 5.41) is 11.5. The molecule has 3 N–H and O–H groups in total. The number of hydrogen-bond donors (Lipinski definition) is 2. The van der Waals surface area contributed by atoms with Gasteiger partial charge in [0.1, 0.15) is 5.75 Å². The van der Waals surface area contributed by atoms with Crippen LogP contribution in [0.15, 0.2) is 42.5 Å². The van der Waals surface area contributed by atoms with Crippen molar-refractivity contribution in [1.82, 2.24) is 0 Å². The molecule has 0 radical (unpaired) electrons. The normalized spacial score (nSPS) is 16.0. The topological polar surface area (TPSA) is 55.5 Å². The number of hydrogen-bond acceptors (Lipinski definition) is 3. The summed E-state index contributed by atoms with van der Waals surface area (Å²) in [5.74, 6) is 0.833. The lowest BCUT2D eigenvalue weighted by Gasteiger charge is -2.26. The Bertz CT molecular complexity index is 551. The highest BCUT2D eigenvalue weighted by Gasteiger charge is 2.21. The monoisotopic (exact) mass is 259 g/mol. The van der Waals surface area contributed by atoms with E-state index in [1.54, 1.807) is 0 Å². The molecule has 3 nitrogen and oxygen atoms in total. The first-order valence-electron chi connectivity index (χ1n) is 6.55. The van der Waals surface area contributed by atoms with E-state index >= 15 is 0 Å². The molecule has 0 aliphatic carbocycles. The van der Waals surface area contributed by atoms with Crippen LogP contribution in [0.3, 0.4) is 0 Å². The minimum Gasteiger partial charge on any atom is -0.491 e. The Hall–Kier alpha value is -1.58. The third-order valence-corrected chi connectivity index (χ3v) is 3.17. The molecule has 2 aromatic carbocycles. The van der Waals surface area contributed by atoms with E-state index in [0.717, 1.165) is 11.1 Å². The molecule has 0 heterocycles. The average molecular weight is 259 g/mol. The van der Waals surface area contributed by atoms with Crippen LogP contribution in [0.1, 0.15) is 20.3 Å². The largest absolute Gasteiger partial charge is 0.491 e. The average Bonchev–Trinajstić information content (AvgIpc) is 2.38. The standard InChI is InChI=1S/C16H21NO2/c1-12(10-16(2,17)11-18)19-15-8-7-13-5-3-4-6-14(13)9-15/h3-9,12,18H,10-11,17H2,1-2H3. The van der Waals surface area contributed by atoms with Gasteiger partial charge < -0.3 is 15.6 Å². The van der Waals surface area contributed by atoms with Crippen LogP contribution in [0.5, 0.6) is 5.75 Å². The lowest BCUT2D eigenvalue weighted by atomic mass is 9.97. The van der Waals surface area contributed by atoms with E-state index in [9.17, 15) is 0 Å². The van der Waals surface area contributed by atoms with Crippen LogP contribution < -0.4 is 10.5 Å². The Balaban J connectivity index is 2.08. The summed E-state index contributed by atoms with van der Waals surface area (Å²) in [6.45, 7) is 3.75. The zero-order valence-corrected chi connectivity index (χ0v) is 11.5. The lowest BCUT2D eigenvalue weighted by Crippen LogP contribution is -2.43. The highest BCUT2D eigenvalue weighted by Crippen LogP contribution is 2.22. The van der Waals surface area contributed by atoms with Gasteiger partial charge in [0.2, 0.25) is 0 Å². The summed E-state index contributed by atoms with van der Waals surface area (Å²) >= 11 is 0. The van der Waals surface area contributed by atoms with Crippen LogP contribution >= 0.6 is 0 Å². The van der Waals surface area contributed by atoms with E-state index in [-0.39, 0.29) is 12.7 Å². The van der Waals surface area contributed by atoms with Gasteiger partial charge in [0.05, 0.1) is 12.7 Å². The highest BCUT2D eigenvalue weighted by atomic mass is 16.5. The Morgan fingerprint density at radius 1 is 1.21 bits per heavy atom. The molecular formula is C16H21NO2. The van der Waals surface area contributed by atoms with Crippen LogP contribution in [0.25, 0.3) is 10.8 Å². The molecule has 0 aliphatic rings. The van der Waals surface area contributed by atoms with E-state index < -0.39 is 5.54 Å². The van der Waals surface area contributed by atoms with Gasteiger partial charge in [-0.1, -0.05) is 30.3 Å². The second-order valence-corrected chi connectivity index (χ2v) is 5.45.